The normalized spacial score (nSPS) is 22.4. The lowest BCUT2D eigenvalue weighted by molar-refractivity contribution is -0.116. The highest BCUT2D eigenvalue weighted by molar-refractivity contribution is 7.90. The van der Waals surface area contributed by atoms with Gasteiger partial charge in [0.2, 0.25) is 15.9 Å². The van der Waals surface area contributed by atoms with Crippen molar-refractivity contribution in [3.63, 3.8) is 0 Å². The van der Waals surface area contributed by atoms with Gasteiger partial charge in [0.15, 0.2) is 0 Å². The molecule has 8 heteroatoms. The molecule has 1 heterocycles. The first kappa shape index (κ1) is 25.6. The molecule has 1 fully saturated rings. The average Bonchev–Trinajstić information content (AvgIpc) is 2.65. The first-order chi connectivity index (χ1) is 14.3. The third-order valence-corrected chi connectivity index (χ3v) is 8.01. The summed E-state index contributed by atoms with van der Waals surface area (Å²) in [5.41, 5.74) is 2.96. The Balaban J connectivity index is 1.84. The third-order valence-electron chi connectivity index (χ3n) is 5.82. The lowest BCUT2D eigenvalue weighted by Crippen LogP contribution is -2.52. The largest absolute Gasteiger partial charge is 0.372 e. The van der Waals surface area contributed by atoms with E-state index in [4.69, 9.17) is 4.74 Å². The van der Waals surface area contributed by atoms with Gasteiger partial charge in [-0.2, -0.15) is 0 Å². The maximum Gasteiger partial charge on any atom is 0.224 e. The number of sulfonamides is 1. The lowest BCUT2D eigenvalue weighted by Gasteiger charge is -2.42. The van der Waals surface area contributed by atoms with E-state index in [1.54, 1.807) is 20.8 Å². The number of aryl methyl sites for hydroxylation is 1. The molecule has 1 aromatic rings. The number of rotatable bonds is 8. The second kappa shape index (κ2) is 10.3. The van der Waals surface area contributed by atoms with Crippen molar-refractivity contribution in [3.05, 3.63) is 23.8 Å². The molecule has 1 amide bonds. The maximum atomic E-state index is 12.3. The van der Waals surface area contributed by atoms with Crippen LogP contribution in [-0.4, -0.2) is 50.4 Å². The minimum Gasteiger partial charge on any atom is -0.372 e. The SMILES string of the molecule is Cc1cc(N2CC(C)OC(C)C2C)ccc1NC(=O)CCCCNS(=O)(=O)C(C)(C)C. The Morgan fingerprint density at radius 1 is 1.19 bits per heavy atom. The summed E-state index contributed by atoms with van der Waals surface area (Å²) in [5, 5.41) is 2.98. The number of morpholine rings is 1. The summed E-state index contributed by atoms with van der Waals surface area (Å²) in [6, 6.07) is 6.40. The Morgan fingerprint density at radius 2 is 1.87 bits per heavy atom. The number of hydrogen-bond donors (Lipinski definition) is 2. The molecule has 0 aliphatic carbocycles. The second-order valence-electron chi connectivity index (χ2n) is 9.56. The molecule has 1 saturated heterocycles. The van der Waals surface area contributed by atoms with Crippen molar-refractivity contribution in [1.29, 1.82) is 0 Å². The molecule has 1 aromatic carbocycles. The molecule has 31 heavy (non-hydrogen) atoms. The van der Waals surface area contributed by atoms with Crippen LogP contribution in [0, 0.1) is 6.92 Å². The third kappa shape index (κ3) is 6.92. The fourth-order valence-corrected chi connectivity index (χ4v) is 4.42. The van der Waals surface area contributed by atoms with E-state index in [0.717, 1.165) is 23.5 Å². The number of anilines is 2. The molecule has 2 N–H and O–H groups in total. The van der Waals surface area contributed by atoms with Gasteiger partial charge in [0.1, 0.15) is 0 Å². The van der Waals surface area contributed by atoms with Crippen molar-refractivity contribution in [2.24, 2.45) is 0 Å². The number of nitrogens with one attached hydrogen (secondary N) is 2. The molecule has 0 radical (unpaired) electrons. The van der Waals surface area contributed by atoms with E-state index in [1.807, 2.05) is 19.1 Å². The summed E-state index contributed by atoms with van der Waals surface area (Å²) < 4.78 is 31.7. The Morgan fingerprint density at radius 3 is 2.48 bits per heavy atom. The van der Waals surface area contributed by atoms with E-state index in [1.165, 1.54) is 0 Å². The summed E-state index contributed by atoms with van der Waals surface area (Å²) in [7, 11) is -3.34. The maximum absolute atomic E-state index is 12.3. The standard InChI is InChI=1S/C23H39N3O4S/c1-16-14-20(26-15-17(2)30-19(4)18(26)3)11-12-21(16)25-22(27)10-8-9-13-24-31(28,29)23(5,6)7/h11-12,14,17-19,24H,8-10,13,15H2,1-7H3,(H,25,27). The van der Waals surface area contributed by atoms with Gasteiger partial charge in [0.25, 0.3) is 0 Å². The summed E-state index contributed by atoms with van der Waals surface area (Å²) >= 11 is 0. The van der Waals surface area contributed by atoms with E-state index in [-0.39, 0.29) is 24.2 Å². The Kier molecular flexibility index (Phi) is 8.53. The van der Waals surface area contributed by atoms with Crippen LogP contribution >= 0.6 is 0 Å². The zero-order valence-electron chi connectivity index (χ0n) is 20.0. The van der Waals surface area contributed by atoms with Crippen molar-refractivity contribution in [1.82, 2.24) is 4.72 Å². The van der Waals surface area contributed by atoms with Crippen LogP contribution in [-0.2, 0) is 19.6 Å². The summed E-state index contributed by atoms with van der Waals surface area (Å²) in [4.78, 5) is 14.7. The first-order valence-electron chi connectivity index (χ1n) is 11.1. The Hall–Kier alpha value is -1.64. The molecule has 0 aromatic heterocycles. The predicted molar refractivity (Wildman–Crippen MR) is 127 cm³/mol. The molecule has 1 aliphatic heterocycles. The summed E-state index contributed by atoms with van der Waals surface area (Å²) in [6.07, 6.45) is 1.94. The van der Waals surface area contributed by atoms with E-state index < -0.39 is 14.8 Å². The number of ether oxygens (including phenoxy) is 1. The van der Waals surface area contributed by atoms with Crippen molar-refractivity contribution in [3.8, 4) is 0 Å². The zero-order chi connectivity index (χ0) is 23.4. The number of amides is 1. The van der Waals surface area contributed by atoms with Gasteiger partial charge < -0.3 is 15.0 Å². The van der Waals surface area contributed by atoms with Gasteiger partial charge in [-0.15, -0.1) is 0 Å². The van der Waals surface area contributed by atoms with Crippen LogP contribution in [0.3, 0.4) is 0 Å². The van der Waals surface area contributed by atoms with E-state index in [2.05, 4.69) is 41.8 Å². The molecular weight excluding hydrogens is 414 g/mol. The Bertz CT molecular complexity index is 864. The minimum absolute atomic E-state index is 0.0588. The summed E-state index contributed by atoms with van der Waals surface area (Å²) in [5.74, 6) is -0.0588. The van der Waals surface area contributed by atoms with Gasteiger partial charge >= 0.3 is 0 Å². The topological polar surface area (TPSA) is 87.7 Å². The van der Waals surface area contributed by atoms with Crippen molar-refractivity contribution >= 4 is 27.3 Å². The van der Waals surface area contributed by atoms with Crippen molar-refractivity contribution < 1.29 is 17.9 Å². The molecule has 0 saturated carbocycles. The van der Waals surface area contributed by atoms with Crippen LogP contribution in [0.2, 0.25) is 0 Å². The predicted octanol–water partition coefficient (Wildman–Crippen LogP) is 3.82. The van der Waals surface area contributed by atoms with E-state index >= 15 is 0 Å². The molecule has 3 unspecified atom stereocenters. The van der Waals surface area contributed by atoms with Gasteiger partial charge in [-0.3, -0.25) is 4.79 Å². The van der Waals surface area contributed by atoms with Crippen molar-refractivity contribution in [2.45, 2.75) is 90.7 Å². The van der Waals surface area contributed by atoms with Crippen molar-refractivity contribution in [2.75, 3.05) is 23.3 Å². The fourth-order valence-electron chi connectivity index (χ4n) is 3.57. The zero-order valence-corrected chi connectivity index (χ0v) is 20.8. The molecular formula is C23H39N3O4S. The lowest BCUT2D eigenvalue weighted by atomic mass is 10.1. The number of unbranched alkanes of at least 4 members (excludes halogenated alkanes) is 1. The van der Waals surface area contributed by atoms with Crippen LogP contribution in [0.25, 0.3) is 0 Å². The molecule has 0 spiro atoms. The number of benzene rings is 1. The van der Waals surface area contributed by atoms with E-state index in [0.29, 0.717) is 25.8 Å². The number of hydrogen-bond acceptors (Lipinski definition) is 5. The van der Waals surface area contributed by atoms with E-state index in [9.17, 15) is 13.2 Å². The molecule has 1 aliphatic rings. The highest BCUT2D eigenvalue weighted by Crippen LogP contribution is 2.28. The summed E-state index contributed by atoms with van der Waals surface area (Å²) in [6.45, 7) is 14.5. The molecule has 2 rings (SSSR count). The number of carbonyl (C=O) groups is 1. The molecule has 7 nitrogen and oxygen atoms in total. The van der Waals surface area contributed by atoms with Crippen LogP contribution in [0.4, 0.5) is 11.4 Å². The fraction of sp³-hybridized carbons (Fsp3) is 0.696. The van der Waals surface area contributed by atoms with Crippen LogP contribution in [0.15, 0.2) is 18.2 Å². The molecule has 3 atom stereocenters. The Labute approximate surface area is 188 Å². The molecule has 0 bridgehead atoms. The van der Waals surface area contributed by atoms with Crippen LogP contribution in [0.5, 0.6) is 0 Å². The first-order valence-corrected chi connectivity index (χ1v) is 12.6. The van der Waals surface area contributed by atoms with Gasteiger partial charge in [-0.05, 0) is 85.1 Å². The van der Waals surface area contributed by atoms with Crippen LogP contribution < -0.4 is 14.9 Å². The highest BCUT2D eigenvalue weighted by atomic mass is 32.2. The quantitative estimate of drug-likeness (QED) is 0.584. The molecule has 176 valence electrons. The smallest absolute Gasteiger partial charge is 0.224 e. The van der Waals surface area contributed by atoms with Gasteiger partial charge in [0.05, 0.1) is 23.0 Å². The number of carbonyl (C=O) groups excluding carboxylic acids is 1. The van der Waals surface area contributed by atoms with Crippen LogP contribution in [0.1, 0.15) is 66.4 Å². The second-order valence-corrected chi connectivity index (χ2v) is 12.1. The average molecular weight is 454 g/mol. The number of nitrogens with zero attached hydrogens (tertiary/aromatic N) is 1. The van der Waals surface area contributed by atoms with Gasteiger partial charge in [-0.25, -0.2) is 13.1 Å². The minimum atomic E-state index is -3.34. The van der Waals surface area contributed by atoms with Gasteiger partial charge in [-0.1, -0.05) is 0 Å². The van der Waals surface area contributed by atoms with Gasteiger partial charge in [0, 0.05) is 30.9 Å². The highest BCUT2D eigenvalue weighted by Gasteiger charge is 2.30. The monoisotopic (exact) mass is 453 g/mol.